The lowest BCUT2D eigenvalue weighted by Crippen LogP contribution is -2.28. The van der Waals surface area contributed by atoms with Gasteiger partial charge >= 0.3 is 6.72 Å². The van der Waals surface area contributed by atoms with Crippen molar-refractivity contribution in [3.63, 3.8) is 0 Å². The van der Waals surface area contributed by atoms with E-state index in [-0.39, 0.29) is 32.2 Å². The highest BCUT2D eigenvalue weighted by Crippen LogP contribution is 2.53. The Kier molecular flexibility index (Phi) is 6.69. The first kappa shape index (κ1) is 16.4. The molecule has 2 aliphatic rings. The smallest absolute Gasteiger partial charge is 0.327 e. The summed E-state index contributed by atoms with van der Waals surface area (Å²) >= 11 is 5.43. The number of nitrogens with zero attached hydrogens (tertiary/aromatic N) is 1. The van der Waals surface area contributed by atoms with Gasteiger partial charge in [-0.1, -0.05) is 6.92 Å². The highest BCUT2D eigenvalue weighted by molar-refractivity contribution is 8.07. The lowest BCUT2D eigenvalue weighted by Gasteiger charge is -2.28. The highest BCUT2D eigenvalue weighted by Gasteiger charge is 2.36. The van der Waals surface area contributed by atoms with Crippen molar-refractivity contribution in [2.45, 2.75) is 57.0 Å². The van der Waals surface area contributed by atoms with Gasteiger partial charge in [0.25, 0.3) is 0 Å². The highest BCUT2D eigenvalue weighted by atomic mass is 32.5. The molecule has 0 bridgehead atoms. The van der Waals surface area contributed by atoms with Crippen LogP contribution in [0.1, 0.15) is 35.3 Å². The van der Waals surface area contributed by atoms with Crippen LogP contribution in [0.25, 0.3) is 0 Å². The van der Waals surface area contributed by atoms with Gasteiger partial charge in [-0.3, -0.25) is 0 Å². The Balaban J connectivity index is 1.97. The molecule has 2 fully saturated rings. The van der Waals surface area contributed by atoms with E-state index < -0.39 is 38.2 Å². The molecule has 132 valence electrons. The molecule has 2 rings (SSSR count). The van der Waals surface area contributed by atoms with E-state index in [4.69, 9.17) is 42.9 Å². The molecule has 2 heterocycles. The van der Waals surface area contributed by atoms with Crippen LogP contribution in [0.5, 0.6) is 0 Å². The molecule has 0 radical (unpaired) electrons. The molecule has 23 heavy (non-hydrogen) atoms. The molecule has 7 nitrogen and oxygen atoms in total. The van der Waals surface area contributed by atoms with Crippen molar-refractivity contribution < 1.29 is 30.9 Å². The molecular weight excluding hydrogens is 341 g/mol. The Morgan fingerprint density at radius 2 is 2.09 bits per heavy atom. The van der Waals surface area contributed by atoms with Gasteiger partial charge in [-0.15, -0.1) is 0 Å². The molecular formula is C14H24NO6PS. The number of aliphatic hydroxyl groups is 1. The first-order chi connectivity index (χ1) is 11.9. The average Bonchev–Trinajstić information content (AvgIpc) is 3.06. The fourth-order valence-electron chi connectivity index (χ4n) is 2.29. The summed E-state index contributed by atoms with van der Waals surface area (Å²) in [5.74, 6) is 0. The Hall–Kier alpha value is -0.100. The lowest BCUT2D eigenvalue weighted by molar-refractivity contribution is -0.00558. The van der Waals surface area contributed by atoms with Crippen LogP contribution in [0, 0.1) is 11.3 Å². The SMILES string of the molecule is [3H]C1C[C@@H](O)[C@@H](COP(=S)(OCCC#N)O[C@@H]2CC([3H])O[C@@H]2CC)O1. The van der Waals surface area contributed by atoms with E-state index in [1.165, 1.54) is 0 Å². The van der Waals surface area contributed by atoms with Crippen molar-refractivity contribution in [3.8, 4) is 6.07 Å². The number of nitriles is 1. The summed E-state index contributed by atoms with van der Waals surface area (Å²) in [6.07, 6.45) is -0.779. The Morgan fingerprint density at radius 3 is 2.74 bits per heavy atom. The third kappa shape index (κ3) is 5.73. The number of rotatable bonds is 9. The van der Waals surface area contributed by atoms with Crippen LogP contribution in [0.15, 0.2) is 0 Å². The standard InChI is InChI=1S/C14H24NO6PS/c1-2-12-13(5-9-17-12)21-22(23,19-7-3-6-15)20-10-14-11(16)4-8-18-14/h11-14,16H,2-5,7-10H2,1H3/t11-,12-,13-,14-,22?/m1/s1/i8T,9T/t8?,9?,11-,12-,13-,14-,22?. The fraction of sp³-hybridized carbons (Fsp3) is 0.929. The molecule has 0 spiro atoms. The fourth-order valence-corrected chi connectivity index (χ4v) is 4.42. The number of hydrogen-bond acceptors (Lipinski definition) is 8. The van der Waals surface area contributed by atoms with Gasteiger partial charge in [0.2, 0.25) is 0 Å². The number of hydrogen-bond donors (Lipinski definition) is 1. The van der Waals surface area contributed by atoms with E-state index in [1.54, 1.807) is 0 Å². The summed E-state index contributed by atoms with van der Waals surface area (Å²) in [5.41, 5.74) is 0. The van der Waals surface area contributed by atoms with E-state index >= 15 is 0 Å². The van der Waals surface area contributed by atoms with Gasteiger partial charge in [-0.2, -0.15) is 5.26 Å². The molecule has 1 N–H and O–H groups in total. The molecule has 0 aromatic carbocycles. The zero-order valence-corrected chi connectivity index (χ0v) is 14.7. The van der Waals surface area contributed by atoms with Crippen LogP contribution >= 0.6 is 6.72 Å². The Morgan fingerprint density at radius 1 is 1.35 bits per heavy atom. The molecule has 2 aliphatic heterocycles. The van der Waals surface area contributed by atoms with Gasteiger partial charge in [-0.25, -0.2) is 0 Å². The second-order valence-electron chi connectivity index (χ2n) is 5.26. The molecule has 9 heteroatoms. The zero-order valence-electron chi connectivity index (χ0n) is 15.0. The van der Waals surface area contributed by atoms with Crippen molar-refractivity contribution in [1.82, 2.24) is 0 Å². The lowest BCUT2D eigenvalue weighted by atomic mass is 10.1. The minimum absolute atomic E-state index is 0.0605. The second-order valence-corrected chi connectivity index (χ2v) is 8.22. The predicted octanol–water partition coefficient (Wildman–Crippen LogP) is 1.89. The van der Waals surface area contributed by atoms with Gasteiger partial charge in [0, 0.05) is 19.6 Å². The predicted molar refractivity (Wildman–Crippen MR) is 86.3 cm³/mol. The average molecular weight is 369 g/mol. The van der Waals surface area contributed by atoms with Gasteiger partial charge in [0.15, 0.2) is 0 Å². The van der Waals surface area contributed by atoms with Crippen molar-refractivity contribution in [3.05, 3.63) is 0 Å². The molecule has 0 aliphatic carbocycles. The van der Waals surface area contributed by atoms with Crippen LogP contribution in [0.3, 0.4) is 0 Å². The van der Waals surface area contributed by atoms with Crippen molar-refractivity contribution >= 4 is 18.5 Å². The quantitative estimate of drug-likeness (QED) is 0.487. The normalized spacial score (nSPS) is 41.1. The van der Waals surface area contributed by atoms with E-state index in [0.29, 0.717) is 12.8 Å². The monoisotopic (exact) mass is 369 g/mol. The van der Waals surface area contributed by atoms with Gasteiger partial charge in [0.1, 0.15) is 6.10 Å². The van der Waals surface area contributed by atoms with Crippen molar-refractivity contribution in [2.24, 2.45) is 0 Å². The first-order valence-electron chi connectivity index (χ1n) is 8.80. The zero-order chi connectivity index (χ0) is 18.4. The van der Waals surface area contributed by atoms with Gasteiger partial charge < -0.3 is 28.2 Å². The molecule has 7 atom stereocenters. The van der Waals surface area contributed by atoms with Crippen LogP contribution in [0.4, 0.5) is 0 Å². The van der Waals surface area contributed by atoms with E-state index in [2.05, 4.69) is 0 Å². The first-order valence-corrected chi connectivity index (χ1v) is 10.2. The van der Waals surface area contributed by atoms with Gasteiger partial charge in [-0.05, 0) is 24.6 Å². The summed E-state index contributed by atoms with van der Waals surface area (Å²) in [7, 11) is 0. The van der Waals surface area contributed by atoms with Crippen molar-refractivity contribution in [1.29, 1.82) is 5.26 Å². The Labute approximate surface area is 144 Å². The Bertz CT molecular complexity index is 524. The number of aliphatic hydroxyl groups excluding tert-OH is 1. The third-order valence-electron chi connectivity index (χ3n) is 3.58. The summed E-state index contributed by atoms with van der Waals surface area (Å²) in [6, 6.07) is 1.96. The van der Waals surface area contributed by atoms with Crippen LogP contribution in [-0.4, -0.2) is 55.9 Å². The van der Waals surface area contributed by atoms with E-state index in [1.807, 2.05) is 13.0 Å². The maximum absolute atomic E-state index is 9.85. The second kappa shape index (κ2) is 9.40. The molecule has 0 aromatic heterocycles. The molecule has 2 saturated heterocycles. The minimum Gasteiger partial charge on any atom is -0.390 e. The van der Waals surface area contributed by atoms with Crippen LogP contribution < -0.4 is 0 Å². The molecule has 0 amide bonds. The largest absolute Gasteiger partial charge is 0.390 e. The van der Waals surface area contributed by atoms with Crippen LogP contribution in [-0.2, 0) is 34.9 Å². The van der Waals surface area contributed by atoms with E-state index in [9.17, 15) is 5.11 Å². The van der Waals surface area contributed by atoms with Crippen molar-refractivity contribution in [2.75, 3.05) is 26.4 Å². The number of ether oxygens (including phenoxy) is 2. The summed E-state index contributed by atoms with van der Waals surface area (Å²) in [6.45, 7) is -2.75. The molecule has 0 aromatic rings. The summed E-state index contributed by atoms with van der Waals surface area (Å²) in [4.78, 5) is 0. The topological polar surface area (TPSA) is 90.2 Å². The minimum atomic E-state index is -3.21. The third-order valence-corrected chi connectivity index (χ3v) is 5.96. The summed E-state index contributed by atoms with van der Waals surface area (Å²) < 4.78 is 43.1. The van der Waals surface area contributed by atoms with Gasteiger partial charge in [0.05, 0.1) is 46.8 Å². The summed E-state index contributed by atoms with van der Waals surface area (Å²) in [5, 5.41) is 18.5. The maximum atomic E-state index is 9.85. The van der Waals surface area contributed by atoms with E-state index in [0.717, 1.165) is 0 Å². The molecule has 0 saturated carbocycles. The maximum Gasteiger partial charge on any atom is 0.327 e. The molecule has 3 unspecified atom stereocenters. The van der Waals surface area contributed by atoms with Crippen LogP contribution in [0.2, 0.25) is 0 Å².